The molecule has 2 unspecified atom stereocenters. The topological polar surface area (TPSA) is 61.8 Å². The number of aliphatic imine (C=N–C) groups is 1. The van der Waals surface area contributed by atoms with Crippen molar-refractivity contribution in [2.75, 3.05) is 31.6 Å². The summed E-state index contributed by atoms with van der Waals surface area (Å²) in [5.74, 6) is 2.57. The van der Waals surface area contributed by atoms with E-state index in [0.717, 1.165) is 31.2 Å². The fourth-order valence-corrected chi connectivity index (χ4v) is 5.91. The van der Waals surface area contributed by atoms with Gasteiger partial charge in [0, 0.05) is 37.2 Å². The van der Waals surface area contributed by atoms with Gasteiger partial charge in [0.2, 0.25) is 0 Å². The molecule has 1 aliphatic heterocycles. The molecule has 0 radical (unpaired) electrons. The number of hydrogen-bond acceptors (Lipinski definition) is 4. The number of thioether (sulfide) groups is 1. The van der Waals surface area contributed by atoms with Gasteiger partial charge in [0.1, 0.15) is 0 Å². The lowest BCUT2D eigenvalue weighted by Crippen LogP contribution is -2.52. The Kier molecular flexibility index (Phi) is 7.83. The van der Waals surface area contributed by atoms with Crippen LogP contribution in [-0.4, -0.2) is 62.2 Å². The van der Waals surface area contributed by atoms with Gasteiger partial charge in [0.05, 0.1) is 10.6 Å². The third-order valence-corrected chi connectivity index (χ3v) is 8.07. The van der Waals surface area contributed by atoms with Crippen molar-refractivity contribution in [3.05, 3.63) is 30.3 Å². The number of nitrogens with zero attached hydrogens (tertiary/aromatic N) is 2. The van der Waals surface area contributed by atoms with Crippen LogP contribution in [0.1, 0.15) is 27.2 Å². The van der Waals surface area contributed by atoms with Crippen LogP contribution in [-0.2, 0) is 9.84 Å². The first-order valence-electron chi connectivity index (χ1n) is 9.25. The third-order valence-electron chi connectivity index (χ3n) is 4.70. The van der Waals surface area contributed by atoms with Gasteiger partial charge in [-0.15, -0.1) is 0 Å². The van der Waals surface area contributed by atoms with Crippen molar-refractivity contribution >= 4 is 27.6 Å². The summed E-state index contributed by atoms with van der Waals surface area (Å²) in [6.45, 7) is 8.39. The molecule has 7 heteroatoms. The SMILES string of the molecule is CCC(CS(=O)(=O)c1ccccc1)NC(=NC)N1CCSC(C(C)C)C1. The molecule has 2 atom stereocenters. The van der Waals surface area contributed by atoms with Crippen LogP contribution in [0.15, 0.2) is 40.2 Å². The number of nitrogens with one attached hydrogen (secondary N) is 1. The fraction of sp³-hybridized carbons (Fsp3) is 0.632. The molecule has 0 saturated carbocycles. The summed E-state index contributed by atoms with van der Waals surface area (Å²) in [6.07, 6.45) is 0.723. The number of rotatable bonds is 6. The Balaban J connectivity index is 2.05. The number of hydrogen-bond donors (Lipinski definition) is 1. The zero-order chi connectivity index (χ0) is 19.2. The molecule has 1 N–H and O–H groups in total. The highest BCUT2D eigenvalue weighted by molar-refractivity contribution is 8.00. The Morgan fingerprint density at radius 3 is 2.62 bits per heavy atom. The van der Waals surface area contributed by atoms with E-state index in [4.69, 9.17) is 0 Å². The number of benzene rings is 1. The smallest absolute Gasteiger partial charge is 0.193 e. The number of sulfone groups is 1. The summed E-state index contributed by atoms with van der Waals surface area (Å²) in [5, 5.41) is 3.98. The van der Waals surface area contributed by atoms with E-state index in [1.54, 1.807) is 31.3 Å². The van der Waals surface area contributed by atoms with Crippen LogP contribution in [0.3, 0.4) is 0 Å². The minimum absolute atomic E-state index is 0.0722. The Morgan fingerprint density at radius 2 is 2.04 bits per heavy atom. The molecule has 0 spiro atoms. The van der Waals surface area contributed by atoms with Gasteiger partial charge in [-0.1, -0.05) is 39.0 Å². The molecule has 1 aliphatic rings. The van der Waals surface area contributed by atoms with Gasteiger partial charge in [-0.2, -0.15) is 11.8 Å². The second-order valence-electron chi connectivity index (χ2n) is 6.99. The molecule has 1 aromatic carbocycles. The number of guanidine groups is 1. The van der Waals surface area contributed by atoms with E-state index in [-0.39, 0.29) is 11.8 Å². The molecule has 1 fully saturated rings. The largest absolute Gasteiger partial charge is 0.352 e. The van der Waals surface area contributed by atoms with Crippen molar-refractivity contribution in [1.29, 1.82) is 0 Å². The minimum Gasteiger partial charge on any atom is -0.352 e. The molecule has 1 saturated heterocycles. The molecule has 2 rings (SSSR count). The van der Waals surface area contributed by atoms with Gasteiger partial charge in [-0.3, -0.25) is 4.99 Å². The average molecular weight is 398 g/mol. The molecular weight excluding hydrogens is 366 g/mol. The molecule has 0 aromatic heterocycles. The first-order valence-corrected chi connectivity index (χ1v) is 11.9. The molecule has 146 valence electrons. The van der Waals surface area contributed by atoms with Crippen LogP contribution >= 0.6 is 11.8 Å². The monoisotopic (exact) mass is 397 g/mol. The molecule has 1 heterocycles. The summed E-state index contributed by atoms with van der Waals surface area (Å²) < 4.78 is 25.4. The van der Waals surface area contributed by atoms with Crippen LogP contribution < -0.4 is 5.32 Å². The normalized spacial score (nSPS) is 20.3. The molecule has 5 nitrogen and oxygen atoms in total. The second-order valence-corrected chi connectivity index (χ2v) is 10.4. The van der Waals surface area contributed by atoms with Crippen molar-refractivity contribution in [3.63, 3.8) is 0 Å². The molecule has 0 amide bonds. The van der Waals surface area contributed by atoms with Crippen molar-refractivity contribution < 1.29 is 8.42 Å². The summed E-state index contributed by atoms with van der Waals surface area (Å²) in [4.78, 5) is 7.07. The van der Waals surface area contributed by atoms with E-state index in [2.05, 4.69) is 29.1 Å². The quantitative estimate of drug-likeness (QED) is 0.591. The van der Waals surface area contributed by atoms with Crippen molar-refractivity contribution in [2.24, 2.45) is 10.9 Å². The van der Waals surface area contributed by atoms with E-state index in [1.807, 2.05) is 24.8 Å². The van der Waals surface area contributed by atoms with Crippen LogP contribution in [0.4, 0.5) is 0 Å². The first-order chi connectivity index (χ1) is 12.4. The zero-order valence-corrected chi connectivity index (χ0v) is 17.8. The van der Waals surface area contributed by atoms with Gasteiger partial charge in [0.25, 0.3) is 0 Å². The van der Waals surface area contributed by atoms with Crippen molar-refractivity contribution in [1.82, 2.24) is 10.2 Å². The summed E-state index contributed by atoms with van der Waals surface area (Å²) >= 11 is 2.01. The second kappa shape index (κ2) is 9.65. The minimum atomic E-state index is -3.32. The van der Waals surface area contributed by atoms with Gasteiger partial charge in [0.15, 0.2) is 15.8 Å². The maximum Gasteiger partial charge on any atom is 0.193 e. The average Bonchev–Trinajstić information content (AvgIpc) is 2.65. The maximum atomic E-state index is 12.7. The van der Waals surface area contributed by atoms with Crippen LogP contribution in [0.5, 0.6) is 0 Å². The standard InChI is InChI=1S/C19H31N3O2S2/c1-5-16(14-26(23,24)17-9-7-6-8-10-17)21-19(20-4)22-11-12-25-18(13-22)15(2)3/h6-10,15-16,18H,5,11-14H2,1-4H3,(H,20,21). The van der Waals surface area contributed by atoms with E-state index in [1.165, 1.54) is 0 Å². The highest BCUT2D eigenvalue weighted by atomic mass is 32.2. The van der Waals surface area contributed by atoms with Crippen LogP contribution in [0, 0.1) is 5.92 Å². The van der Waals surface area contributed by atoms with Gasteiger partial charge in [-0.05, 0) is 24.5 Å². The van der Waals surface area contributed by atoms with Gasteiger partial charge in [-0.25, -0.2) is 8.42 Å². The van der Waals surface area contributed by atoms with Crippen molar-refractivity contribution in [3.8, 4) is 0 Å². The molecule has 0 aliphatic carbocycles. The lowest BCUT2D eigenvalue weighted by molar-refractivity contribution is 0.375. The van der Waals surface area contributed by atoms with Gasteiger partial charge >= 0.3 is 0 Å². The highest BCUT2D eigenvalue weighted by Gasteiger charge is 2.27. The van der Waals surface area contributed by atoms with E-state index < -0.39 is 9.84 Å². The Labute approximate surface area is 162 Å². The maximum absolute atomic E-state index is 12.7. The lowest BCUT2D eigenvalue weighted by Gasteiger charge is -2.37. The van der Waals surface area contributed by atoms with Crippen LogP contribution in [0.2, 0.25) is 0 Å². The van der Waals surface area contributed by atoms with Crippen LogP contribution in [0.25, 0.3) is 0 Å². The van der Waals surface area contributed by atoms with Gasteiger partial charge < -0.3 is 10.2 Å². The Morgan fingerprint density at radius 1 is 1.35 bits per heavy atom. The Bertz CT molecular complexity index is 690. The predicted octanol–water partition coefficient (Wildman–Crippen LogP) is 2.89. The lowest BCUT2D eigenvalue weighted by atomic mass is 10.1. The van der Waals surface area contributed by atoms with E-state index >= 15 is 0 Å². The molecule has 26 heavy (non-hydrogen) atoms. The molecular formula is C19H31N3O2S2. The fourth-order valence-electron chi connectivity index (χ4n) is 3.00. The van der Waals surface area contributed by atoms with Crippen molar-refractivity contribution in [2.45, 2.75) is 43.4 Å². The van der Waals surface area contributed by atoms with E-state index in [0.29, 0.717) is 16.1 Å². The summed E-state index contributed by atoms with van der Waals surface area (Å²) in [5.41, 5.74) is 0. The predicted molar refractivity (Wildman–Crippen MR) is 112 cm³/mol. The molecule has 1 aromatic rings. The third kappa shape index (κ3) is 5.64. The molecule has 0 bridgehead atoms. The summed E-state index contributed by atoms with van der Waals surface area (Å²) in [7, 11) is -1.55. The van der Waals surface area contributed by atoms with E-state index in [9.17, 15) is 8.42 Å². The highest BCUT2D eigenvalue weighted by Crippen LogP contribution is 2.25. The first kappa shape index (κ1) is 21.1. The Hall–Kier alpha value is -1.21. The zero-order valence-electron chi connectivity index (χ0n) is 16.2. The summed E-state index contributed by atoms with van der Waals surface area (Å²) in [6, 6.07) is 8.51.